The number of benzene rings is 1. The molecule has 0 unspecified atom stereocenters. The van der Waals surface area contributed by atoms with Gasteiger partial charge in [0.15, 0.2) is 0 Å². The van der Waals surface area contributed by atoms with Crippen LogP contribution in [-0.2, 0) is 0 Å². The van der Waals surface area contributed by atoms with Crippen LogP contribution in [0.1, 0.15) is 61.5 Å². The number of carbonyl (C=O) groups is 1. The summed E-state index contributed by atoms with van der Waals surface area (Å²) in [6, 6.07) is 10.5. The summed E-state index contributed by atoms with van der Waals surface area (Å²) in [5.74, 6) is 0.651. The van der Waals surface area contributed by atoms with Crippen molar-refractivity contribution in [3.8, 4) is 10.6 Å². The number of hydrogen-bond donors (Lipinski definition) is 1. The number of thiophene rings is 1. The number of rotatable bonds is 3. The average Bonchev–Trinajstić information content (AvgIpc) is 3.14. The minimum absolute atomic E-state index is 0.0216. The van der Waals surface area contributed by atoms with Crippen molar-refractivity contribution in [2.24, 2.45) is 11.3 Å². The van der Waals surface area contributed by atoms with Crippen LogP contribution in [0.3, 0.4) is 0 Å². The summed E-state index contributed by atoms with van der Waals surface area (Å²) in [5, 5.41) is 6.34. The predicted octanol–water partition coefficient (Wildman–Crippen LogP) is 6.52. The van der Waals surface area contributed by atoms with Gasteiger partial charge in [0.25, 0.3) is 5.91 Å². The highest BCUT2D eigenvalue weighted by atomic mass is 32.1. The summed E-state index contributed by atoms with van der Waals surface area (Å²) in [6.07, 6.45) is 3.30. The van der Waals surface area contributed by atoms with Crippen LogP contribution >= 0.6 is 11.3 Å². The van der Waals surface area contributed by atoms with E-state index in [1.54, 1.807) is 11.3 Å². The highest BCUT2D eigenvalue weighted by molar-refractivity contribution is 7.13. The van der Waals surface area contributed by atoms with Crippen LogP contribution in [-0.4, -0.2) is 16.9 Å². The van der Waals surface area contributed by atoms with Crippen molar-refractivity contribution in [1.29, 1.82) is 0 Å². The first kappa shape index (κ1) is 20.1. The van der Waals surface area contributed by atoms with E-state index >= 15 is 0 Å². The van der Waals surface area contributed by atoms with Crippen molar-refractivity contribution in [3.63, 3.8) is 0 Å². The molecule has 1 saturated carbocycles. The fourth-order valence-corrected chi connectivity index (χ4v) is 5.63. The van der Waals surface area contributed by atoms with Gasteiger partial charge in [-0.1, -0.05) is 26.8 Å². The third-order valence-corrected chi connectivity index (χ3v) is 7.06. The summed E-state index contributed by atoms with van der Waals surface area (Å²) in [4.78, 5) is 19.4. The first-order valence-corrected chi connectivity index (χ1v) is 11.4. The molecule has 4 heteroatoms. The quantitative estimate of drug-likeness (QED) is 0.537. The van der Waals surface area contributed by atoms with E-state index in [4.69, 9.17) is 4.98 Å². The molecule has 2 atom stereocenters. The molecule has 1 aliphatic rings. The molecule has 1 aliphatic carbocycles. The fourth-order valence-electron chi connectivity index (χ4n) is 4.94. The van der Waals surface area contributed by atoms with E-state index in [0.29, 0.717) is 5.92 Å². The number of aryl methyl sites for hydroxylation is 2. The number of carbonyl (C=O) groups excluding carboxylic acids is 1. The Morgan fingerprint density at radius 2 is 1.93 bits per heavy atom. The summed E-state index contributed by atoms with van der Waals surface area (Å²) in [6.45, 7) is 11.1. The predicted molar refractivity (Wildman–Crippen MR) is 123 cm³/mol. The molecule has 1 N–H and O–H groups in total. The van der Waals surface area contributed by atoms with Gasteiger partial charge in [-0.3, -0.25) is 4.79 Å². The molecule has 2 heterocycles. The molecular formula is C25H30N2OS. The maximum atomic E-state index is 13.4. The molecule has 1 amide bonds. The Labute approximate surface area is 177 Å². The van der Waals surface area contributed by atoms with Crippen LogP contribution in [0, 0.1) is 25.2 Å². The average molecular weight is 407 g/mol. The molecule has 0 radical (unpaired) electrons. The molecule has 2 aromatic heterocycles. The molecule has 1 aromatic carbocycles. The van der Waals surface area contributed by atoms with E-state index in [9.17, 15) is 4.79 Å². The van der Waals surface area contributed by atoms with Crippen molar-refractivity contribution >= 4 is 28.1 Å². The maximum absolute atomic E-state index is 13.4. The van der Waals surface area contributed by atoms with Gasteiger partial charge in [0.1, 0.15) is 0 Å². The Morgan fingerprint density at radius 3 is 2.62 bits per heavy atom. The molecule has 0 saturated heterocycles. The van der Waals surface area contributed by atoms with Crippen molar-refractivity contribution in [3.05, 3.63) is 52.4 Å². The lowest BCUT2D eigenvalue weighted by Gasteiger charge is -2.39. The Bertz CT molecular complexity index is 1050. The number of fused-ring (bicyclic) bond motifs is 1. The Hall–Kier alpha value is -2.20. The molecule has 0 aliphatic heterocycles. The van der Waals surface area contributed by atoms with E-state index in [0.717, 1.165) is 39.9 Å². The summed E-state index contributed by atoms with van der Waals surface area (Å²) < 4.78 is 0. The highest BCUT2D eigenvalue weighted by Gasteiger charge is 2.33. The standard InChI is InChI=1S/C25H30N2OS/c1-15-9-18(14-25(4,5)13-15)26-24(28)20-12-22(23-7-6-8-29-23)27-21-11-17(3)16(2)10-19(20)21/h6-8,10-12,15,18H,9,13-14H2,1-5H3,(H,26,28)/t15-,18+/m1/s1. The van der Waals surface area contributed by atoms with E-state index in [-0.39, 0.29) is 17.4 Å². The molecule has 1 fully saturated rings. The smallest absolute Gasteiger partial charge is 0.252 e. The zero-order valence-electron chi connectivity index (χ0n) is 18.0. The SMILES string of the molecule is Cc1cc2nc(-c3cccs3)cc(C(=O)N[C@H]3C[C@@H](C)CC(C)(C)C3)c2cc1C. The second-order valence-electron chi connectivity index (χ2n) is 9.57. The number of aromatic nitrogens is 1. The third-order valence-electron chi connectivity index (χ3n) is 6.16. The number of nitrogens with one attached hydrogen (secondary N) is 1. The van der Waals surface area contributed by atoms with Gasteiger partial charge in [-0.05, 0) is 85.2 Å². The lowest BCUT2D eigenvalue weighted by molar-refractivity contribution is 0.0876. The molecule has 3 aromatic rings. The lowest BCUT2D eigenvalue weighted by atomic mass is 9.70. The molecule has 3 nitrogen and oxygen atoms in total. The summed E-state index contributed by atoms with van der Waals surface area (Å²) in [7, 11) is 0. The zero-order chi connectivity index (χ0) is 20.8. The van der Waals surface area contributed by atoms with Crippen molar-refractivity contribution in [1.82, 2.24) is 10.3 Å². The summed E-state index contributed by atoms with van der Waals surface area (Å²) >= 11 is 1.65. The van der Waals surface area contributed by atoms with E-state index in [1.807, 2.05) is 17.5 Å². The first-order valence-electron chi connectivity index (χ1n) is 10.5. The number of nitrogens with zero attached hydrogens (tertiary/aromatic N) is 1. The van der Waals surface area contributed by atoms with Crippen LogP contribution in [0.4, 0.5) is 0 Å². The van der Waals surface area contributed by atoms with Gasteiger partial charge in [-0.15, -0.1) is 11.3 Å². The Kier molecular flexibility index (Phi) is 5.24. The van der Waals surface area contributed by atoms with Gasteiger partial charge in [-0.25, -0.2) is 4.98 Å². The van der Waals surface area contributed by atoms with Crippen molar-refractivity contribution in [2.45, 2.75) is 59.9 Å². The van der Waals surface area contributed by atoms with E-state index in [1.165, 1.54) is 17.5 Å². The van der Waals surface area contributed by atoms with Crippen LogP contribution in [0.25, 0.3) is 21.5 Å². The number of pyridine rings is 1. The maximum Gasteiger partial charge on any atom is 0.252 e. The lowest BCUT2D eigenvalue weighted by Crippen LogP contribution is -2.43. The number of amides is 1. The molecule has 152 valence electrons. The molecule has 0 spiro atoms. The van der Waals surface area contributed by atoms with Gasteiger partial charge in [0.05, 0.1) is 21.7 Å². The van der Waals surface area contributed by atoms with Crippen LogP contribution < -0.4 is 5.32 Å². The summed E-state index contributed by atoms with van der Waals surface area (Å²) in [5.41, 5.74) is 5.15. The molecule has 0 bridgehead atoms. The molecular weight excluding hydrogens is 376 g/mol. The van der Waals surface area contributed by atoms with Gasteiger partial charge < -0.3 is 5.32 Å². The monoisotopic (exact) mass is 406 g/mol. The zero-order valence-corrected chi connectivity index (χ0v) is 18.8. The first-order chi connectivity index (χ1) is 13.7. The van der Waals surface area contributed by atoms with Crippen molar-refractivity contribution < 1.29 is 4.79 Å². The minimum Gasteiger partial charge on any atom is -0.349 e. The molecule has 29 heavy (non-hydrogen) atoms. The Morgan fingerprint density at radius 1 is 1.17 bits per heavy atom. The topological polar surface area (TPSA) is 42.0 Å². The molecule has 4 rings (SSSR count). The highest BCUT2D eigenvalue weighted by Crippen LogP contribution is 2.38. The van der Waals surface area contributed by atoms with Gasteiger partial charge in [0, 0.05) is 11.4 Å². The minimum atomic E-state index is 0.0216. The van der Waals surface area contributed by atoms with Crippen molar-refractivity contribution in [2.75, 3.05) is 0 Å². The van der Waals surface area contributed by atoms with Gasteiger partial charge >= 0.3 is 0 Å². The fraction of sp³-hybridized carbons (Fsp3) is 0.440. The van der Waals surface area contributed by atoms with Gasteiger partial charge in [0.2, 0.25) is 0 Å². The van der Waals surface area contributed by atoms with E-state index < -0.39 is 0 Å². The van der Waals surface area contributed by atoms with Gasteiger partial charge in [-0.2, -0.15) is 0 Å². The van der Waals surface area contributed by atoms with Crippen LogP contribution in [0.5, 0.6) is 0 Å². The van der Waals surface area contributed by atoms with E-state index in [2.05, 4.69) is 58.1 Å². The largest absolute Gasteiger partial charge is 0.349 e. The normalized spacial score (nSPS) is 21.3. The third kappa shape index (κ3) is 4.23. The number of hydrogen-bond acceptors (Lipinski definition) is 3. The second kappa shape index (κ2) is 7.56. The Balaban J connectivity index is 1.75. The van der Waals surface area contributed by atoms with Crippen LogP contribution in [0.2, 0.25) is 0 Å². The second-order valence-corrected chi connectivity index (χ2v) is 10.5. The van der Waals surface area contributed by atoms with Crippen LogP contribution in [0.15, 0.2) is 35.7 Å².